The number of carbonyl (C=O) groups excluding carboxylic acids is 1. The zero-order valence-electron chi connectivity index (χ0n) is 12.0. The number of urea groups is 1. The summed E-state index contributed by atoms with van der Waals surface area (Å²) in [5.74, 6) is 0. The second-order valence-corrected chi connectivity index (χ2v) is 5.17. The molecule has 4 nitrogen and oxygen atoms in total. The molecule has 0 aliphatic carbocycles. The second-order valence-electron chi connectivity index (χ2n) is 5.17. The van der Waals surface area contributed by atoms with E-state index in [9.17, 15) is 4.79 Å². The van der Waals surface area contributed by atoms with Crippen LogP contribution in [0.2, 0.25) is 0 Å². The number of nitrogens with one attached hydrogen (secondary N) is 2. The molecule has 106 valence electrons. The zero-order chi connectivity index (χ0) is 13.2. The van der Waals surface area contributed by atoms with Crippen LogP contribution in [0.3, 0.4) is 0 Å². The molecule has 0 spiro atoms. The monoisotopic (exact) mass is 255 g/mol. The van der Waals surface area contributed by atoms with Crippen molar-refractivity contribution in [2.75, 3.05) is 26.2 Å². The maximum atomic E-state index is 11.6. The first-order chi connectivity index (χ1) is 8.76. The maximum Gasteiger partial charge on any atom is 0.315 e. The van der Waals surface area contributed by atoms with Crippen LogP contribution in [0.1, 0.15) is 52.4 Å². The molecule has 1 aliphatic heterocycles. The van der Waals surface area contributed by atoms with Gasteiger partial charge in [0.1, 0.15) is 0 Å². The van der Waals surface area contributed by atoms with Crippen molar-refractivity contribution in [2.45, 2.75) is 58.4 Å². The summed E-state index contributed by atoms with van der Waals surface area (Å²) in [6.07, 6.45) is 6.97. The lowest BCUT2D eigenvalue weighted by Gasteiger charge is -2.16. The highest BCUT2D eigenvalue weighted by molar-refractivity contribution is 5.74. The van der Waals surface area contributed by atoms with E-state index < -0.39 is 0 Å². The zero-order valence-corrected chi connectivity index (χ0v) is 12.0. The molecule has 0 aromatic heterocycles. The van der Waals surface area contributed by atoms with Gasteiger partial charge in [0.25, 0.3) is 0 Å². The Morgan fingerprint density at radius 2 is 1.83 bits per heavy atom. The van der Waals surface area contributed by atoms with Crippen molar-refractivity contribution in [2.24, 2.45) is 0 Å². The van der Waals surface area contributed by atoms with Gasteiger partial charge in [0.2, 0.25) is 0 Å². The molecule has 0 atom stereocenters. The number of amides is 2. The van der Waals surface area contributed by atoms with Crippen molar-refractivity contribution in [1.29, 1.82) is 0 Å². The van der Waals surface area contributed by atoms with Crippen molar-refractivity contribution in [3.8, 4) is 0 Å². The van der Waals surface area contributed by atoms with Gasteiger partial charge < -0.3 is 15.5 Å². The van der Waals surface area contributed by atoms with Crippen molar-refractivity contribution in [3.63, 3.8) is 0 Å². The second kappa shape index (κ2) is 9.20. The molecule has 1 rings (SSSR count). The van der Waals surface area contributed by atoms with Gasteiger partial charge in [-0.05, 0) is 58.2 Å². The first-order valence-electron chi connectivity index (χ1n) is 7.53. The molecule has 0 aromatic rings. The smallest absolute Gasteiger partial charge is 0.315 e. The van der Waals surface area contributed by atoms with Gasteiger partial charge in [0, 0.05) is 12.6 Å². The number of rotatable bonds is 8. The Morgan fingerprint density at radius 3 is 2.44 bits per heavy atom. The molecular formula is C14H29N3O. The minimum Gasteiger partial charge on any atom is -0.338 e. The Labute approximate surface area is 111 Å². The van der Waals surface area contributed by atoms with Gasteiger partial charge in [-0.15, -0.1) is 0 Å². The summed E-state index contributed by atoms with van der Waals surface area (Å²) in [6, 6.07) is 0.305. The average molecular weight is 255 g/mol. The first-order valence-corrected chi connectivity index (χ1v) is 7.53. The van der Waals surface area contributed by atoms with E-state index in [0.717, 1.165) is 25.8 Å². The summed E-state index contributed by atoms with van der Waals surface area (Å²) in [6.45, 7) is 8.72. The summed E-state index contributed by atoms with van der Waals surface area (Å²) in [5.41, 5.74) is 0. The molecule has 0 bridgehead atoms. The Balaban J connectivity index is 1.94. The van der Waals surface area contributed by atoms with E-state index in [-0.39, 0.29) is 6.03 Å². The lowest BCUT2D eigenvalue weighted by molar-refractivity contribution is 0.235. The fourth-order valence-corrected chi connectivity index (χ4v) is 2.40. The van der Waals surface area contributed by atoms with Crippen LogP contribution in [0, 0.1) is 0 Å². The van der Waals surface area contributed by atoms with Crippen molar-refractivity contribution >= 4 is 6.03 Å². The third kappa shape index (κ3) is 6.24. The summed E-state index contributed by atoms with van der Waals surface area (Å²) < 4.78 is 0. The Kier molecular flexibility index (Phi) is 7.81. The van der Waals surface area contributed by atoms with E-state index in [0.29, 0.717) is 6.04 Å². The summed E-state index contributed by atoms with van der Waals surface area (Å²) in [5, 5.41) is 5.93. The molecule has 2 N–H and O–H groups in total. The topological polar surface area (TPSA) is 44.4 Å². The van der Waals surface area contributed by atoms with Gasteiger partial charge in [0.15, 0.2) is 0 Å². The summed E-state index contributed by atoms with van der Waals surface area (Å²) in [4.78, 5) is 14.1. The summed E-state index contributed by atoms with van der Waals surface area (Å²) >= 11 is 0. The molecule has 1 heterocycles. The van der Waals surface area contributed by atoms with Crippen LogP contribution < -0.4 is 10.6 Å². The average Bonchev–Trinajstić information content (AvgIpc) is 2.88. The standard InChI is InChI=1S/C14H29N3O/c1-3-13(4-2)16-14(18)15-9-5-6-10-17-11-7-8-12-17/h13H,3-12H2,1-2H3,(H2,15,16,18). The highest BCUT2D eigenvalue weighted by Gasteiger charge is 2.10. The molecule has 1 saturated heterocycles. The fourth-order valence-electron chi connectivity index (χ4n) is 2.40. The number of hydrogen-bond acceptors (Lipinski definition) is 2. The lowest BCUT2D eigenvalue weighted by Crippen LogP contribution is -2.41. The van der Waals surface area contributed by atoms with Gasteiger partial charge in [-0.25, -0.2) is 4.79 Å². The van der Waals surface area contributed by atoms with Crippen LogP contribution in [0.5, 0.6) is 0 Å². The Bertz CT molecular complexity index is 223. The minimum atomic E-state index is -0.00938. The van der Waals surface area contributed by atoms with Crippen LogP contribution in [-0.4, -0.2) is 43.2 Å². The Hall–Kier alpha value is -0.770. The van der Waals surface area contributed by atoms with E-state index in [4.69, 9.17) is 0 Å². The van der Waals surface area contributed by atoms with Crippen LogP contribution in [0.15, 0.2) is 0 Å². The van der Waals surface area contributed by atoms with Gasteiger partial charge in [-0.1, -0.05) is 13.8 Å². The SMILES string of the molecule is CCC(CC)NC(=O)NCCCCN1CCCC1. The van der Waals surface area contributed by atoms with E-state index >= 15 is 0 Å². The highest BCUT2D eigenvalue weighted by atomic mass is 16.2. The van der Waals surface area contributed by atoms with E-state index in [1.54, 1.807) is 0 Å². The van der Waals surface area contributed by atoms with Crippen LogP contribution in [-0.2, 0) is 0 Å². The largest absolute Gasteiger partial charge is 0.338 e. The first kappa shape index (κ1) is 15.3. The maximum absolute atomic E-state index is 11.6. The lowest BCUT2D eigenvalue weighted by atomic mass is 10.2. The quantitative estimate of drug-likeness (QED) is 0.654. The van der Waals surface area contributed by atoms with Crippen molar-refractivity contribution < 1.29 is 4.79 Å². The minimum absolute atomic E-state index is 0.00938. The van der Waals surface area contributed by atoms with Gasteiger partial charge in [-0.3, -0.25) is 0 Å². The number of nitrogens with zero attached hydrogens (tertiary/aromatic N) is 1. The van der Waals surface area contributed by atoms with E-state index in [2.05, 4.69) is 29.4 Å². The predicted octanol–water partition coefficient (Wildman–Crippen LogP) is 2.35. The fraction of sp³-hybridized carbons (Fsp3) is 0.929. The number of unbranched alkanes of at least 4 members (excludes halogenated alkanes) is 1. The molecule has 18 heavy (non-hydrogen) atoms. The van der Waals surface area contributed by atoms with Gasteiger partial charge in [0.05, 0.1) is 0 Å². The Morgan fingerprint density at radius 1 is 1.17 bits per heavy atom. The van der Waals surface area contributed by atoms with Gasteiger partial charge >= 0.3 is 6.03 Å². The van der Waals surface area contributed by atoms with E-state index in [1.165, 1.54) is 38.9 Å². The molecule has 0 radical (unpaired) electrons. The molecule has 0 saturated carbocycles. The van der Waals surface area contributed by atoms with Crippen LogP contribution in [0.25, 0.3) is 0 Å². The molecular weight excluding hydrogens is 226 g/mol. The van der Waals surface area contributed by atoms with Crippen molar-refractivity contribution in [3.05, 3.63) is 0 Å². The van der Waals surface area contributed by atoms with Gasteiger partial charge in [-0.2, -0.15) is 0 Å². The molecule has 0 aromatic carbocycles. The van der Waals surface area contributed by atoms with Crippen LogP contribution in [0.4, 0.5) is 4.79 Å². The van der Waals surface area contributed by atoms with E-state index in [1.807, 2.05) is 0 Å². The van der Waals surface area contributed by atoms with Crippen molar-refractivity contribution in [1.82, 2.24) is 15.5 Å². The number of hydrogen-bond donors (Lipinski definition) is 2. The molecule has 0 unspecified atom stereocenters. The molecule has 1 fully saturated rings. The predicted molar refractivity (Wildman–Crippen MR) is 75.8 cm³/mol. The normalized spacial score (nSPS) is 16.2. The number of carbonyl (C=O) groups is 1. The van der Waals surface area contributed by atoms with Crippen LogP contribution >= 0.6 is 0 Å². The summed E-state index contributed by atoms with van der Waals surface area (Å²) in [7, 11) is 0. The number of likely N-dealkylation sites (tertiary alicyclic amines) is 1. The molecule has 1 aliphatic rings. The molecule has 2 amide bonds. The third-order valence-corrected chi connectivity index (χ3v) is 3.71. The third-order valence-electron chi connectivity index (χ3n) is 3.71. The molecule has 4 heteroatoms. The highest BCUT2D eigenvalue weighted by Crippen LogP contribution is 2.07.